The summed E-state index contributed by atoms with van der Waals surface area (Å²) in [4.78, 5) is 37.6. The van der Waals surface area contributed by atoms with Gasteiger partial charge in [-0.3, -0.25) is 14.4 Å². The lowest BCUT2D eigenvalue weighted by Crippen LogP contribution is -2.46. The van der Waals surface area contributed by atoms with Crippen molar-refractivity contribution in [2.24, 2.45) is 0 Å². The van der Waals surface area contributed by atoms with Gasteiger partial charge in [0.15, 0.2) is 10.4 Å². The average Bonchev–Trinajstić information content (AvgIpc) is 3.08. The van der Waals surface area contributed by atoms with E-state index in [9.17, 15) is 14.4 Å². The molecule has 0 saturated carbocycles. The molecule has 1 aromatic heterocycles. The van der Waals surface area contributed by atoms with Crippen molar-refractivity contribution in [3.63, 3.8) is 0 Å². The number of rotatable bonds is 4. The number of furan rings is 1. The van der Waals surface area contributed by atoms with Crippen LogP contribution in [0.1, 0.15) is 40.7 Å². The maximum Gasteiger partial charge on any atom is 0.308 e. The molecule has 1 aliphatic heterocycles. The Morgan fingerprint density at radius 2 is 1.93 bits per heavy atom. The van der Waals surface area contributed by atoms with Crippen LogP contribution in [0.5, 0.6) is 5.75 Å². The summed E-state index contributed by atoms with van der Waals surface area (Å²) >= 11 is 3.19. The lowest BCUT2D eigenvalue weighted by Gasteiger charge is -2.31. The Morgan fingerprint density at radius 3 is 2.56 bits per heavy atom. The van der Waals surface area contributed by atoms with Gasteiger partial charge in [-0.2, -0.15) is 0 Å². The van der Waals surface area contributed by atoms with Crippen molar-refractivity contribution in [1.82, 2.24) is 10.2 Å². The molecular weight excluding hydrogens is 416 g/mol. The van der Waals surface area contributed by atoms with Crippen LogP contribution in [0.4, 0.5) is 0 Å². The second kappa shape index (κ2) is 8.39. The Balaban J connectivity index is 1.53. The minimum absolute atomic E-state index is 0.0257. The van der Waals surface area contributed by atoms with Gasteiger partial charge in [0.25, 0.3) is 11.8 Å². The number of nitrogens with one attached hydrogen (secondary N) is 1. The summed E-state index contributed by atoms with van der Waals surface area (Å²) in [6.07, 6.45) is 1.31. The summed E-state index contributed by atoms with van der Waals surface area (Å²) in [7, 11) is 0. The number of amides is 2. The molecule has 8 heteroatoms. The van der Waals surface area contributed by atoms with Crippen LogP contribution in [0.25, 0.3) is 0 Å². The SMILES string of the molecule is CC(=O)Oc1cccc(C(=O)NC2CCN(C(=O)c3ccc(Br)o3)CC2)c1. The van der Waals surface area contributed by atoms with Crippen LogP contribution in [0.15, 0.2) is 45.5 Å². The van der Waals surface area contributed by atoms with Crippen LogP contribution in [0.2, 0.25) is 0 Å². The molecule has 27 heavy (non-hydrogen) atoms. The fraction of sp³-hybridized carbons (Fsp3) is 0.316. The Morgan fingerprint density at radius 1 is 1.19 bits per heavy atom. The smallest absolute Gasteiger partial charge is 0.308 e. The number of hydrogen-bond acceptors (Lipinski definition) is 5. The van der Waals surface area contributed by atoms with Crippen molar-refractivity contribution in [3.8, 4) is 5.75 Å². The van der Waals surface area contributed by atoms with Gasteiger partial charge in [-0.25, -0.2) is 0 Å². The van der Waals surface area contributed by atoms with E-state index in [0.717, 1.165) is 0 Å². The Hall–Kier alpha value is -2.61. The molecular formula is C19H19BrN2O5. The number of benzene rings is 1. The zero-order valence-corrected chi connectivity index (χ0v) is 16.3. The van der Waals surface area contributed by atoms with Gasteiger partial charge in [-0.1, -0.05) is 6.07 Å². The molecule has 0 unspecified atom stereocenters. The summed E-state index contributed by atoms with van der Waals surface area (Å²) in [5.41, 5.74) is 0.424. The predicted octanol–water partition coefficient (Wildman–Crippen LogP) is 3.00. The third-order valence-corrected chi connectivity index (χ3v) is 4.69. The van der Waals surface area contributed by atoms with Crippen LogP contribution in [0.3, 0.4) is 0 Å². The molecule has 0 atom stereocenters. The van der Waals surface area contributed by atoms with Gasteiger partial charge >= 0.3 is 5.97 Å². The standard InChI is InChI=1S/C19H19BrN2O5/c1-12(23)26-15-4-2-3-13(11-15)18(24)21-14-7-9-22(10-8-14)19(25)16-5-6-17(20)27-16/h2-6,11,14H,7-10H2,1H3,(H,21,24). The topological polar surface area (TPSA) is 88.9 Å². The second-order valence-corrected chi connectivity index (χ2v) is 7.05. The number of carbonyl (C=O) groups is 3. The molecule has 2 heterocycles. The van der Waals surface area contributed by atoms with Gasteiger partial charge in [-0.15, -0.1) is 0 Å². The second-order valence-electron chi connectivity index (χ2n) is 6.27. The van der Waals surface area contributed by atoms with Gasteiger partial charge in [0.2, 0.25) is 0 Å². The molecule has 2 aromatic rings. The van der Waals surface area contributed by atoms with Crippen molar-refractivity contribution in [2.75, 3.05) is 13.1 Å². The molecule has 142 valence electrons. The minimum Gasteiger partial charge on any atom is -0.444 e. The van der Waals surface area contributed by atoms with Crippen LogP contribution in [-0.2, 0) is 4.79 Å². The molecule has 0 radical (unpaired) electrons. The van der Waals surface area contributed by atoms with E-state index in [1.807, 2.05) is 0 Å². The van der Waals surface area contributed by atoms with Gasteiger partial charge in [0.05, 0.1) is 0 Å². The molecule has 1 fully saturated rings. The van der Waals surface area contributed by atoms with Gasteiger partial charge in [-0.05, 0) is 59.1 Å². The largest absolute Gasteiger partial charge is 0.444 e. The molecule has 3 rings (SSSR count). The Labute approximate surface area is 164 Å². The third-order valence-electron chi connectivity index (χ3n) is 4.26. The summed E-state index contributed by atoms with van der Waals surface area (Å²) in [5, 5.41) is 2.97. The number of carbonyl (C=O) groups excluding carboxylic acids is 3. The first-order valence-electron chi connectivity index (χ1n) is 8.56. The normalized spacial score (nSPS) is 14.7. The lowest BCUT2D eigenvalue weighted by atomic mass is 10.0. The first kappa shape index (κ1) is 19.2. The van der Waals surface area contributed by atoms with E-state index < -0.39 is 5.97 Å². The monoisotopic (exact) mass is 434 g/mol. The molecule has 0 aliphatic carbocycles. The quantitative estimate of drug-likeness (QED) is 0.589. The molecule has 7 nitrogen and oxygen atoms in total. The van der Waals surface area contributed by atoms with E-state index in [0.29, 0.717) is 47.7 Å². The van der Waals surface area contributed by atoms with Crippen molar-refractivity contribution in [3.05, 3.63) is 52.4 Å². The van der Waals surface area contributed by atoms with Crippen LogP contribution in [-0.4, -0.2) is 41.8 Å². The van der Waals surface area contributed by atoms with Gasteiger partial charge in [0, 0.05) is 31.6 Å². The maximum atomic E-state index is 12.4. The zero-order valence-electron chi connectivity index (χ0n) is 14.7. The van der Waals surface area contributed by atoms with E-state index in [4.69, 9.17) is 9.15 Å². The van der Waals surface area contributed by atoms with E-state index in [1.165, 1.54) is 13.0 Å². The fourth-order valence-electron chi connectivity index (χ4n) is 2.95. The zero-order chi connectivity index (χ0) is 19.4. The molecule has 1 aliphatic rings. The van der Waals surface area contributed by atoms with Gasteiger partial charge < -0.3 is 19.4 Å². The number of ether oxygens (including phenoxy) is 1. The van der Waals surface area contributed by atoms with Crippen molar-refractivity contribution >= 4 is 33.7 Å². The predicted molar refractivity (Wildman–Crippen MR) is 101 cm³/mol. The summed E-state index contributed by atoms with van der Waals surface area (Å²) < 4.78 is 10.8. The van der Waals surface area contributed by atoms with Gasteiger partial charge in [0.1, 0.15) is 5.75 Å². The summed E-state index contributed by atoms with van der Waals surface area (Å²) in [6, 6.07) is 9.77. The van der Waals surface area contributed by atoms with Crippen LogP contribution < -0.4 is 10.1 Å². The van der Waals surface area contributed by atoms with Crippen LogP contribution in [0, 0.1) is 0 Å². The molecule has 1 aromatic carbocycles. The highest BCUT2D eigenvalue weighted by atomic mass is 79.9. The first-order chi connectivity index (χ1) is 12.9. The number of likely N-dealkylation sites (tertiary alicyclic amines) is 1. The van der Waals surface area contributed by atoms with Crippen LogP contribution >= 0.6 is 15.9 Å². The molecule has 1 saturated heterocycles. The number of nitrogens with zero attached hydrogens (tertiary/aromatic N) is 1. The van der Waals surface area contributed by atoms with Crippen molar-refractivity contribution in [2.45, 2.75) is 25.8 Å². The Kier molecular flexibility index (Phi) is 5.95. The average molecular weight is 435 g/mol. The van der Waals surface area contributed by atoms with Crippen molar-refractivity contribution < 1.29 is 23.5 Å². The van der Waals surface area contributed by atoms with E-state index in [-0.39, 0.29) is 17.9 Å². The highest BCUT2D eigenvalue weighted by Crippen LogP contribution is 2.19. The lowest BCUT2D eigenvalue weighted by molar-refractivity contribution is -0.131. The minimum atomic E-state index is -0.437. The number of hydrogen-bond donors (Lipinski definition) is 1. The number of halogens is 1. The molecule has 2 amide bonds. The van der Waals surface area contributed by atoms with E-state index >= 15 is 0 Å². The first-order valence-corrected chi connectivity index (χ1v) is 9.35. The number of esters is 1. The van der Waals surface area contributed by atoms with E-state index in [2.05, 4.69) is 21.2 Å². The van der Waals surface area contributed by atoms with Crippen molar-refractivity contribution in [1.29, 1.82) is 0 Å². The molecule has 0 spiro atoms. The Bertz CT molecular complexity index is 855. The molecule has 1 N–H and O–H groups in total. The highest BCUT2D eigenvalue weighted by molar-refractivity contribution is 9.10. The third kappa shape index (κ3) is 4.97. The summed E-state index contributed by atoms with van der Waals surface area (Å²) in [6.45, 7) is 2.38. The molecule has 0 bridgehead atoms. The highest BCUT2D eigenvalue weighted by Gasteiger charge is 2.26. The fourth-order valence-corrected chi connectivity index (χ4v) is 3.25. The summed E-state index contributed by atoms with van der Waals surface area (Å²) in [5.74, 6) is -0.191. The van der Waals surface area contributed by atoms with E-state index in [1.54, 1.807) is 35.2 Å². The maximum absolute atomic E-state index is 12.4. The number of piperidine rings is 1.